The zero-order valence-electron chi connectivity index (χ0n) is 13.9. The van der Waals surface area contributed by atoms with E-state index in [0.717, 1.165) is 12.0 Å². The molecule has 0 radical (unpaired) electrons. The molecular weight excluding hydrogens is 318 g/mol. The number of esters is 1. The molecule has 3 rings (SSSR count). The number of ether oxygens (including phenoxy) is 2. The predicted octanol–water partition coefficient (Wildman–Crippen LogP) is 3.98. The van der Waals surface area contributed by atoms with Crippen molar-refractivity contribution in [1.82, 2.24) is 4.90 Å². The Labute approximate surface area is 146 Å². The van der Waals surface area contributed by atoms with Crippen LogP contribution in [-0.2, 0) is 4.74 Å². The molecule has 2 aromatic rings. The first-order valence-corrected chi connectivity index (χ1v) is 8.06. The number of amides is 1. The van der Waals surface area contributed by atoms with E-state index in [0.29, 0.717) is 17.9 Å². The van der Waals surface area contributed by atoms with Crippen LogP contribution in [0.25, 0.3) is 0 Å². The third-order valence-corrected chi connectivity index (χ3v) is 4.09. The van der Waals surface area contributed by atoms with E-state index in [1.165, 1.54) is 7.11 Å². The number of para-hydroxylation sites is 1. The fraction of sp³-hybridized carbons (Fsp3) is 0.200. The van der Waals surface area contributed by atoms with Gasteiger partial charge in [-0.1, -0.05) is 36.4 Å². The highest BCUT2D eigenvalue weighted by molar-refractivity contribution is 5.89. The van der Waals surface area contributed by atoms with Crippen LogP contribution in [0.15, 0.2) is 66.9 Å². The number of benzene rings is 2. The first kappa shape index (κ1) is 16.8. The molecule has 0 unspecified atom stereocenters. The molecular formula is C20H19NO4. The molecule has 1 amide bonds. The topological polar surface area (TPSA) is 55.8 Å². The Balaban J connectivity index is 1.71. The molecule has 0 saturated carbocycles. The van der Waals surface area contributed by atoms with Crippen LogP contribution < -0.4 is 4.74 Å². The molecule has 1 atom stereocenters. The monoisotopic (exact) mass is 337 g/mol. The molecule has 5 heteroatoms. The highest BCUT2D eigenvalue weighted by Gasteiger charge is 2.23. The van der Waals surface area contributed by atoms with Crippen LogP contribution in [0.3, 0.4) is 0 Å². The van der Waals surface area contributed by atoms with Gasteiger partial charge >= 0.3 is 12.1 Å². The van der Waals surface area contributed by atoms with Crippen molar-refractivity contribution in [1.29, 1.82) is 0 Å². The zero-order chi connectivity index (χ0) is 17.6. The first-order valence-electron chi connectivity index (χ1n) is 8.06. The summed E-state index contributed by atoms with van der Waals surface area (Å²) in [5.41, 5.74) is 1.50. The summed E-state index contributed by atoms with van der Waals surface area (Å²) in [6.07, 6.45) is 4.05. The van der Waals surface area contributed by atoms with Crippen molar-refractivity contribution in [3.63, 3.8) is 0 Å². The second kappa shape index (κ2) is 7.66. The van der Waals surface area contributed by atoms with Gasteiger partial charge in [-0.2, -0.15) is 0 Å². The predicted molar refractivity (Wildman–Crippen MR) is 93.5 cm³/mol. The van der Waals surface area contributed by atoms with E-state index >= 15 is 0 Å². The van der Waals surface area contributed by atoms with E-state index in [9.17, 15) is 9.59 Å². The molecule has 0 fully saturated rings. The molecule has 1 aliphatic heterocycles. The van der Waals surface area contributed by atoms with Gasteiger partial charge in [0.15, 0.2) is 0 Å². The average Bonchev–Trinajstić information content (AvgIpc) is 2.68. The maximum Gasteiger partial charge on any atom is 0.419 e. The van der Waals surface area contributed by atoms with Crippen molar-refractivity contribution in [3.8, 4) is 5.75 Å². The molecule has 0 aliphatic carbocycles. The SMILES string of the molecule is COC(=O)c1cccc([C@@H]2CC=CN(C(=O)Oc3ccccc3)C2)c1. The highest BCUT2D eigenvalue weighted by atomic mass is 16.6. The lowest BCUT2D eigenvalue weighted by Gasteiger charge is -2.27. The summed E-state index contributed by atoms with van der Waals surface area (Å²) in [6, 6.07) is 16.3. The third kappa shape index (κ3) is 4.07. The molecule has 0 N–H and O–H groups in total. The van der Waals surface area contributed by atoms with Crippen molar-refractivity contribution >= 4 is 12.1 Å². The molecule has 1 heterocycles. The lowest BCUT2D eigenvalue weighted by atomic mass is 9.92. The minimum absolute atomic E-state index is 0.0953. The van der Waals surface area contributed by atoms with Gasteiger partial charge in [0.25, 0.3) is 0 Å². The van der Waals surface area contributed by atoms with Crippen molar-refractivity contribution in [2.75, 3.05) is 13.7 Å². The average molecular weight is 337 g/mol. The maximum absolute atomic E-state index is 12.3. The number of methoxy groups -OCH3 is 1. The Morgan fingerprint density at radius 1 is 1.08 bits per heavy atom. The van der Waals surface area contributed by atoms with Crippen molar-refractivity contribution in [2.24, 2.45) is 0 Å². The van der Waals surface area contributed by atoms with E-state index in [4.69, 9.17) is 9.47 Å². The van der Waals surface area contributed by atoms with Crippen LogP contribution in [0.4, 0.5) is 4.79 Å². The number of allylic oxidation sites excluding steroid dienone is 1. The molecule has 128 valence electrons. The summed E-state index contributed by atoms with van der Waals surface area (Å²) in [5, 5.41) is 0. The van der Waals surface area contributed by atoms with Gasteiger partial charge in [-0.15, -0.1) is 0 Å². The second-order valence-electron chi connectivity index (χ2n) is 5.77. The molecule has 5 nitrogen and oxygen atoms in total. The molecule has 0 aromatic heterocycles. The fourth-order valence-electron chi connectivity index (χ4n) is 2.79. The fourth-order valence-corrected chi connectivity index (χ4v) is 2.79. The van der Waals surface area contributed by atoms with E-state index < -0.39 is 6.09 Å². The minimum atomic E-state index is -0.420. The second-order valence-corrected chi connectivity index (χ2v) is 5.77. The Bertz CT molecular complexity index is 785. The smallest absolute Gasteiger partial charge is 0.419 e. The Morgan fingerprint density at radius 2 is 1.88 bits per heavy atom. The van der Waals surface area contributed by atoms with Gasteiger partial charge in [0.05, 0.1) is 12.7 Å². The zero-order valence-corrected chi connectivity index (χ0v) is 13.9. The molecule has 1 aliphatic rings. The van der Waals surface area contributed by atoms with Gasteiger partial charge in [0, 0.05) is 18.7 Å². The summed E-state index contributed by atoms with van der Waals surface area (Å²) in [6.45, 7) is 0.493. The van der Waals surface area contributed by atoms with Crippen LogP contribution in [0.2, 0.25) is 0 Å². The van der Waals surface area contributed by atoms with Gasteiger partial charge in [0.2, 0.25) is 0 Å². The van der Waals surface area contributed by atoms with Crippen molar-refractivity contribution < 1.29 is 19.1 Å². The Kier molecular flexibility index (Phi) is 5.14. The third-order valence-electron chi connectivity index (χ3n) is 4.09. The standard InChI is InChI=1S/C20H19NO4/c1-24-19(22)16-8-5-7-15(13-16)17-9-6-12-21(14-17)20(23)25-18-10-3-2-4-11-18/h2-8,10-13,17H,9,14H2,1H3/t17-/m1/s1. The quantitative estimate of drug-likeness (QED) is 0.795. The molecule has 0 spiro atoms. The van der Waals surface area contributed by atoms with Crippen molar-refractivity contribution in [2.45, 2.75) is 12.3 Å². The normalized spacial score (nSPS) is 16.4. The van der Waals surface area contributed by atoms with Gasteiger partial charge in [-0.3, -0.25) is 4.90 Å². The lowest BCUT2D eigenvalue weighted by Crippen LogP contribution is -2.34. The number of hydrogen-bond donors (Lipinski definition) is 0. The lowest BCUT2D eigenvalue weighted by molar-refractivity contribution is 0.0600. The van der Waals surface area contributed by atoms with Gasteiger partial charge in [-0.25, -0.2) is 9.59 Å². The van der Waals surface area contributed by atoms with Crippen LogP contribution in [0, 0.1) is 0 Å². The highest BCUT2D eigenvalue weighted by Crippen LogP contribution is 2.27. The number of carbonyl (C=O) groups excluding carboxylic acids is 2. The Hall–Kier alpha value is -3.08. The number of rotatable bonds is 3. The van der Waals surface area contributed by atoms with E-state index in [1.54, 1.807) is 29.3 Å². The maximum atomic E-state index is 12.3. The summed E-state index contributed by atoms with van der Waals surface area (Å²) in [7, 11) is 1.36. The minimum Gasteiger partial charge on any atom is -0.465 e. The van der Waals surface area contributed by atoms with E-state index in [1.807, 2.05) is 42.5 Å². The number of hydrogen-bond acceptors (Lipinski definition) is 4. The molecule has 2 aromatic carbocycles. The Morgan fingerprint density at radius 3 is 2.64 bits per heavy atom. The number of nitrogens with zero attached hydrogens (tertiary/aromatic N) is 1. The summed E-state index contributed by atoms with van der Waals surface area (Å²) in [4.78, 5) is 25.6. The van der Waals surface area contributed by atoms with Gasteiger partial charge < -0.3 is 9.47 Å². The van der Waals surface area contributed by atoms with E-state index in [2.05, 4.69) is 0 Å². The van der Waals surface area contributed by atoms with Gasteiger partial charge in [-0.05, 0) is 36.2 Å². The van der Waals surface area contributed by atoms with Crippen LogP contribution in [0.1, 0.15) is 28.3 Å². The van der Waals surface area contributed by atoms with Crippen molar-refractivity contribution in [3.05, 3.63) is 78.0 Å². The molecule has 25 heavy (non-hydrogen) atoms. The molecule has 0 saturated heterocycles. The first-order chi connectivity index (χ1) is 12.2. The largest absolute Gasteiger partial charge is 0.465 e. The van der Waals surface area contributed by atoms with Crippen LogP contribution in [0.5, 0.6) is 5.75 Å². The van der Waals surface area contributed by atoms with Gasteiger partial charge in [0.1, 0.15) is 5.75 Å². The van der Waals surface area contributed by atoms with E-state index in [-0.39, 0.29) is 11.9 Å². The number of carbonyl (C=O) groups is 2. The summed E-state index contributed by atoms with van der Waals surface area (Å²) in [5.74, 6) is 0.238. The van der Waals surface area contributed by atoms with Crippen LogP contribution in [-0.4, -0.2) is 30.6 Å². The summed E-state index contributed by atoms with van der Waals surface area (Å²) >= 11 is 0. The summed E-state index contributed by atoms with van der Waals surface area (Å²) < 4.78 is 10.1. The van der Waals surface area contributed by atoms with Crippen LogP contribution >= 0.6 is 0 Å². The molecule has 0 bridgehead atoms.